The van der Waals surface area contributed by atoms with E-state index in [0.29, 0.717) is 12.0 Å². The van der Waals surface area contributed by atoms with E-state index in [1.807, 2.05) is 6.20 Å². The van der Waals surface area contributed by atoms with Crippen molar-refractivity contribution >= 4 is 11.5 Å². The van der Waals surface area contributed by atoms with Crippen molar-refractivity contribution in [3.05, 3.63) is 35.7 Å². The van der Waals surface area contributed by atoms with Gasteiger partial charge in [0.1, 0.15) is 12.0 Å². The van der Waals surface area contributed by atoms with Crippen molar-refractivity contribution in [3.8, 4) is 0 Å². The molecule has 0 amide bonds. The molecule has 0 aromatic carbocycles. The summed E-state index contributed by atoms with van der Waals surface area (Å²) in [6.07, 6.45) is 7.59. The van der Waals surface area contributed by atoms with Crippen LogP contribution in [-0.4, -0.2) is 46.2 Å². The Morgan fingerprint density at radius 1 is 1.45 bits per heavy atom. The molecule has 0 aliphatic carbocycles. The molecule has 0 saturated carbocycles. The average Bonchev–Trinajstić information content (AvgIpc) is 3.20. The first-order chi connectivity index (χ1) is 10.7. The first-order valence-corrected chi connectivity index (χ1v) is 7.58. The van der Waals surface area contributed by atoms with E-state index in [1.165, 1.54) is 11.1 Å². The summed E-state index contributed by atoms with van der Waals surface area (Å²) in [4.78, 5) is 14.5. The van der Waals surface area contributed by atoms with Gasteiger partial charge in [0.2, 0.25) is 0 Å². The molecule has 0 spiro atoms. The minimum atomic E-state index is -0.0355. The Kier molecular flexibility index (Phi) is 3.15. The van der Waals surface area contributed by atoms with Crippen LogP contribution in [-0.2, 0) is 4.74 Å². The van der Waals surface area contributed by atoms with E-state index in [1.54, 1.807) is 6.20 Å². The van der Waals surface area contributed by atoms with Crippen LogP contribution in [0.4, 0.5) is 0 Å². The van der Waals surface area contributed by atoms with Crippen molar-refractivity contribution in [1.29, 1.82) is 0 Å². The summed E-state index contributed by atoms with van der Waals surface area (Å²) in [6, 6.07) is 0.327. The zero-order valence-electron chi connectivity index (χ0n) is 12.5. The predicted molar refractivity (Wildman–Crippen MR) is 83.5 cm³/mol. The molecule has 116 valence electrons. The van der Waals surface area contributed by atoms with Gasteiger partial charge in [0, 0.05) is 42.9 Å². The fourth-order valence-electron chi connectivity index (χ4n) is 3.33. The third kappa shape index (κ3) is 2.18. The predicted octanol–water partition coefficient (Wildman–Crippen LogP) is 0.763. The lowest BCUT2D eigenvalue weighted by Crippen LogP contribution is -2.48. The summed E-state index contributed by atoms with van der Waals surface area (Å²) in [6.45, 7) is 3.58. The summed E-state index contributed by atoms with van der Waals surface area (Å²) in [5.41, 5.74) is 9.42. The zero-order valence-corrected chi connectivity index (χ0v) is 12.5. The number of imidazole rings is 1. The average molecular weight is 300 g/mol. The molecule has 4 rings (SSSR count). The maximum atomic E-state index is 5.93. The second-order valence-corrected chi connectivity index (χ2v) is 5.90. The van der Waals surface area contributed by atoms with Gasteiger partial charge in [-0.2, -0.15) is 0 Å². The number of ether oxygens (including phenoxy) is 1. The van der Waals surface area contributed by atoms with Crippen LogP contribution in [0.1, 0.15) is 25.6 Å². The third-order valence-corrected chi connectivity index (χ3v) is 4.47. The van der Waals surface area contributed by atoms with Gasteiger partial charge >= 0.3 is 0 Å². The van der Waals surface area contributed by atoms with Crippen molar-refractivity contribution < 1.29 is 4.74 Å². The molecule has 3 aliphatic heterocycles. The van der Waals surface area contributed by atoms with Crippen molar-refractivity contribution in [2.24, 2.45) is 10.7 Å². The number of aromatic amines is 1. The van der Waals surface area contributed by atoms with E-state index in [4.69, 9.17) is 10.5 Å². The van der Waals surface area contributed by atoms with Crippen molar-refractivity contribution in [2.75, 3.05) is 13.2 Å². The van der Waals surface area contributed by atoms with Crippen LogP contribution < -0.4 is 11.1 Å². The van der Waals surface area contributed by atoms with Gasteiger partial charge in [-0.05, 0) is 18.9 Å². The summed E-state index contributed by atoms with van der Waals surface area (Å²) in [5.74, 6) is 1.38. The topological polar surface area (TPSA) is 91.6 Å². The molecule has 7 nitrogen and oxygen atoms in total. The molecule has 0 radical (unpaired) electrons. The lowest BCUT2D eigenvalue weighted by molar-refractivity contribution is 0.154. The number of nitrogens with zero attached hydrogens (tertiary/aromatic N) is 3. The van der Waals surface area contributed by atoms with Crippen LogP contribution in [0.25, 0.3) is 5.57 Å². The fourth-order valence-corrected chi connectivity index (χ4v) is 3.33. The monoisotopic (exact) mass is 300 g/mol. The zero-order chi connectivity index (χ0) is 15.1. The highest BCUT2D eigenvalue weighted by atomic mass is 16.5. The van der Waals surface area contributed by atoms with Crippen LogP contribution >= 0.6 is 0 Å². The molecule has 1 fully saturated rings. The number of aliphatic imine (C=N–C) groups is 1. The van der Waals surface area contributed by atoms with Gasteiger partial charge in [-0.1, -0.05) is 0 Å². The maximum Gasteiger partial charge on any atom is 0.195 e. The summed E-state index contributed by atoms with van der Waals surface area (Å²) in [7, 11) is 0. The Morgan fingerprint density at radius 3 is 3.09 bits per heavy atom. The van der Waals surface area contributed by atoms with Crippen LogP contribution in [0.2, 0.25) is 0 Å². The van der Waals surface area contributed by atoms with E-state index < -0.39 is 0 Å². The number of nitrogens with one attached hydrogen (secondary N) is 2. The standard InChI is InChI=1S/C15H20N6O/c1-9-12-6-10(13-17-3-4-18-13)7-21(11-2-5-22-8-11)14(12)20-15(16)19-9/h3-4,7,11,14H,2,5-6,8H2,1H3,(H,17,18)(H3,16,19,20)/t11-,14?/m0/s1. The highest BCUT2D eigenvalue weighted by molar-refractivity contribution is 5.82. The molecule has 1 aromatic rings. The van der Waals surface area contributed by atoms with Crippen molar-refractivity contribution in [3.63, 3.8) is 0 Å². The second kappa shape index (κ2) is 5.17. The number of H-pyrrole nitrogens is 1. The molecular formula is C15H20N6O. The number of hydrogen-bond acceptors (Lipinski definition) is 6. The smallest absolute Gasteiger partial charge is 0.195 e. The Morgan fingerprint density at radius 2 is 2.36 bits per heavy atom. The Hall–Kier alpha value is -2.28. The molecule has 2 atom stereocenters. The molecule has 1 aromatic heterocycles. The largest absolute Gasteiger partial charge is 0.379 e. The quantitative estimate of drug-likeness (QED) is 0.750. The molecule has 3 aliphatic rings. The lowest BCUT2D eigenvalue weighted by Gasteiger charge is -2.40. The van der Waals surface area contributed by atoms with E-state index in [0.717, 1.165) is 37.6 Å². The van der Waals surface area contributed by atoms with E-state index >= 15 is 0 Å². The van der Waals surface area contributed by atoms with E-state index in [2.05, 4.69) is 38.3 Å². The van der Waals surface area contributed by atoms with E-state index in [9.17, 15) is 0 Å². The molecule has 1 unspecified atom stereocenters. The fraction of sp³-hybridized carbons (Fsp3) is 0.467. The first kappa shape index (κ1) is 13.4. The van der Waals surface area contributed by atoms with Crippen molar-refractivity contribution in [2.45, 2.75) is 32.0 Å². The molecule has 7 heteroatoms. The van der Waals surface area contributed by atoms with Gasteiger partial charge in [0.05, 0.1) is 12.6 Å². The third-order valence-electron chi connectivity index (χ3n) is 4.47. The number of guanidine groups is 1. The molecule has 0 bridgehead atoms. The van der Waals surface area contributed by atoms with Crippen LogP contribution in [0, 0.1) is 0 Å². The second-order valence-electron chi connectivity index (χ2n) is 5.90. The minimum Gasteiger partial charge on any atom is -0.379 e. The lowest BCUT2D eigenvalue weighted by atomic mass is 9.94. The van der Waals surface area contributed by atoms with E-state index in [-0.39, 0.29) is 6.17 Å². The summed E-state index contributed by atoms with van der Waals surface area (Å²) < 4.78 is 5.56. The number of aromatic nitrogens is 2. The Balaban J connectivity index is 1.77. The van der Waals surface area contributed by atoms with Crippen LogP contribution in [0.3, 0.4) is 0 Å². The van der Waals surface area contributed by atoms with Gasteiger partial charge in [0.25, 0.3) is 0 Å². The number of nitrogens with two attached hydrogens (primary N) is 1. The van der Waals surface area contributed by atoms with Crippen LogP contribution in [0.15, 0.2) is 34.9 Å². The normalized spacial score (nSPS) is 28.1. The molecule has 4 N–H and O–H groups in total. The minimum absolute atomic E-state index is 0.0355. The maximum absolute atomic E-state index is 5.93. The molecule has 1 saturated heterocycles. The highest BCUT2D eigenvalue weighted by Gasteiger charge is 2.36. The summed E-state index contributed by atoms with van der Waals surface area (Å²) >= 11 is 0. The van der Waals surface area contributed by atoms with Gasteiger partial charge in [0.15, 0.2) is 5.96 Å². The number of rotatable bonds is 2. The molecular weight excluding hydrogens is 280 g/mol. The van der Waals surface area contributed by atoms with Gasteiger partial charge < -0.3 is 25.7 Å². The van der Waals surface area contributed by atoms with Crippen molar-refractivity contribution in [1.82, 2.24) is 20.2 Å². The van der Waals surface area contributed by atoms with Gasteiger partial charge in [-0.3, -0.25) is 0 Å². The summed E-state index contributed by atoms with van der Waals surface area (Å²) in [5, 5.41) is 3.15. The highest BCUT2D eigenvalue weighted by Crippen LogP contribution is 2.36. The van der Waals surface area contributed by atoms with Crippen LogP contribution in [0.5, 0.6) is 0 Å². The van der Waals surface area contributed by atoms with Gasteiger partial charge in [-0.15, -0.1) is 0 Å². The number of allylic oxidation sites excluding steroid dienone is 2. The molecule has 4 heterocycles. The number of hydrogen-bond donors (Lipinski definition) is 3. The Labute approximate surface area is 129 Å². The SMILES string of the molecule is CC1=C2CC(c3ncc[nH]3)=CN([C@H]3CCOC3)C2N=C(N)N1. The first-order valence-electron chi connectivity index (χ1n) is 7.58. The molecule has 22 heavy (non-hydrogen) atoms. The number of fused-ring (bicyclic) bond motifs is 1. The van der Waals surface area contributed by atoms with Gasteiger partial charge in [-0.25, -0.2) is 9.98 Å². The Bertz CT molecular complexity index is 654.